The number of imide groups is 2. The second kappa shape index (κ2) is 8.11. The Morgan fingerprint density at radius 2 is 1.89 bits per heavy atom. The summed E-state index contributed by atoms with van der Waals surface area (Å²) in [7, 11) is 0. The van der Waals surface area contributed by atoms with Crippen LogP contribution in [0.3, 0.4) is 0 Å². The molecule has 0 bridgehead atoms. The summed E-state index contributed by atoms with van der Waals surface area (Å²) in [5.74, 6) is -1.56. The van der Waals surface area contributed by atoms with Crippen molar-refractivity contribution in [1.82, 2.24) is 15.8 Å². The monoisotopic (exact) mass is 517 g/mol. The molecule has 37 heavy (non-hydrogen) atoms. The summed E-state index contributed by atoms with van der Waals surface area (Å²) < 4.78 is 32.2. The summed E-state index contributed by atoms with van der Waals surface area (Å²) in [5, 5.41) is 18.1. The van der Waals surface area contributed by atoms with Crippen LogP contribution in [-0.4, -0.2) is 78.0 Å². The van der Waals surface area contributed by atoms with E-state index in [1.54, 1.807) is 26.0 Å². The molecule has 0 saturated carbocycles. The lowest BCUT2D eigenvalue weighted by molar-refractivity contribution is -0.159. The number of alkyl halides is 1. The van der Waals surface area contributed by atoms with E-state index in [0.29, 0.717) is 16.6 Å². The zero-order valence-corrected chi connectivity index (χ0v) is 19.9. The molecule has 1 aromatic carbocycles. The van der Waals surface area contributed by atoms with E-state index in [-0.39, 0.29) is 37.5 Å². The number of ether oxygens (including phenoxy) is 2. The lowest BCUT2D eigenvalue weighted by atomic mass is 9.66. The van der Waals surface area contributed by atoms with E-state index in [9.17, 15) is 24.3 Å². The van der Waals surface area contributed by atoms with E-state index in [1.165, 1.54) is 9.80 Å². The molecule has 14 heteroatoms. The molecule has 0 aliphatic carbocycles. The molecule has 13 nitrogen and oxygen atoms in total. The smallest absolute Gasteiger partial charge is 0.416 e. The predicted octanol–water partition coefficient (Wildman–Crippen LogP) is 0.722. The molecule has 3 fully saturated rings. The van der Waals surface area contributed by atoms with Gasteiger partial charge in [0.25, 0.3) is 0 Å². The molecule has 1 spiro atoms. The number of aromatic nitrogens is 1. The maximum atomic E-state index is 15.8. The van der Waals surface area contributed by atoms with Gasteiger partial charge in [0.1, 0.15) is 12.7 Å². The third-order valence-electron chi connectivity index (χ3n) is 7.65. The Labute approximate surface area is 208 Å². The molecule has 5 atom stereocenters. The van der Waals surface area contributed by atoms with Gasteiger partial charge in [0.2, 0.25) is 11.8 Å². The summed E-state index contributed by atoms with van der Waals surface area (Å²) in [6.07, 6.45) is -3.94. The maximum Gasteiger partial charge on any atom is 0.416 e. The number of cyclic esters (lactones) is 1. The van der Waals surface area contributed by atoms with Crippen LogP contribution in [0.1, 0.15) is 25.8 Å². The van der Waals surface area contributed by atoms with Crippen molar-refractivity contribution in [3.63, 3.8) is 0 Å². The molecule has 5 heterocycles. The molecule has 3 N–H and O–H groups in total. The topological polar surface area (TPSA) is 164 Å². The molecule has 196 valence electrons. The Morgan fingerprint density at radius 1 is 1.16 bits per heavy atom. The second-order valence-corrected chi connectivity index (χ2v) is 9.75. The minimum Gasteiger partial charge on any atom is -0.447 e. The van der Waals surface area contributed by atoms with Crippen LogP contribution in [0.4, 0.5) is 25.5 Å². The summed E-state index contributed by atoms with van der Waals surface area (Å²) in [6, 6.07) is 0.665. The van der Waals surface area contributed by atoms with Gasteiger partial charge < -0.3 is 24.0 Å². The van der Waals surface area contributed by atoms with E-state index in [0.717, 1.165) is 0 Å². The first kappa shape index (κ1) is 23.6. The van der Waals surface area contributed by atoms with Crippen LogP contribution in [0.2, 0.25) is 0 Å². The summed E-state index contributed by atoms with van der Waals surface area (Å²) >= 11 is 0. The Balaban J connectivity index is 1.54. The van der Waals surface area contributed by atoms with Crippen molar-refractivity contribution < 1.29 is 42.7 Å². The minimum atomic E-state index is -1.87. The van der Waals surface area contributed by atoms with Gasteiger partial charge >= 0.3 is 12.1 Å². The van der Waals surface area contributed by atoms with E-state index < -0.39 is 59.9 Å². The zero-order valence-electron chi connectivity index (χ0n) is 19.9. The summed E-state index contributed by atoms with van der Waals surface area (Å²) in [4.78, 5) is 53.6. The van der Waals surface area contributed by atoms with Crippen molar-refractivity contribution >= 4 is 46.4 Å². The molecule has 2 aromatic rings. The number of morpholine rings is 1. The number of amides is 5. The Kier molecular flexibility index (Phi) is 5.18. The SMILES string of the molecule is CC1OC(C)C2N(c3cc4onc(N5C(=O)OC[C@@H]5CCO)c4cc3CC23C(=O)NC(=O)NC3=O)C1F. The number of halogens is 1. The van der Waals surface area contributed by atoms with Gasteiger partial charge in [-0.15, -0.1) is 0 Å². The zero-order chi connectivity index (χ0) is 26.2. The first-order chi connectivity index (χ1) is 17.7. The highest BCUT2D eigenvalue weighted by Gasteiger charge is 2.64. The minimum absolute atomic E-state index is 0.0605. The average molecular weight is 517 g/mol. The van der Waals surface area contributed by atoms with Crippen molar-refractivity contribution in [1.29, 1.82) is 0 Å². The maximum absolute atomic E-state index is 15.8. The highest BCUT2D eigenvalue weighted by atomic mass is 19.1. The van der Waals surface area contributed by atoms with E-state index >= 15 is 4.39 Å². The number of hydrogen-bond donors (Lipinski definition) is 3. The van der Waals surface area contributed by atoms with Crippen molar-refractivity contribution in [3.8, 4) is 0 Å². The number of anilines is 2. The number of nitrogens with one attached hydrogen (secondary N) is 2. The van der Waals surface area contributed by atoms with Gasteiger partial charge in [0.05, 0.1) is 23.6 Å². The van der Waals surface area contributed by atoms with Gasteiger partial charge in [0, 0.05) is 18.4 Å². The number of aliphatic hydroxyl groups excluding tert-OH is 1. The summed E-state index contributed by atoms with van der Waals surface area (Å²) in [5.41, 5.74) is -0.823. The van der Waals surface area contributed by atoms with Gasteiger partial charge in [-0.2, -0.15) is 0 Å². The van der Waals surface area contributed by atoms with Crippen LogP contribution >= 0.6 is 0 Å². The van der Waals surface area contributed by atoms with Crippen molar-refractivity contribution in [2.75, 3.05) is 23.0 Å². The number of barbiturate groups is 1. The first-order valence-corrected chi connectivity index (χ1v) is 11.9. The first-order valence-electron chi connectivity index (χ1n) is 11.9. The Bertz CT molecular complexity index is 1330. The molecule has 4 aliphatic heterocycles. The molecule has 0 radical (unpaired) electrons. The number of aliphatic hydroxyl groups is 1. The third-order valence-corrected chi connectivity index (χ3v) is 7.65. The predicted molar refractivity (Wildman–Crippen MR) is 122 cm³/mol. The summed E-state index contributed by atoms with van der Waals surface area (Å²) in [6.45, 7) is 3.08. The molecule has 4 unspecified atom stereocenters. The normalized spacial score (nSPS) is 30.8. The van der Waals surface area contributed by atoms with E-state index in [4.69, 9.17) is 14.0 Å². The second-order valence-electron chi connectivity index (χ2n) is 9.75. The molecule has 1 aromatic heterocycles. The molecule has 3 saturated heterocycles. The number of urea groups is 1. The van der Waals surface area contributed by atoms with Crippen LogP contribution < -0.4 is 20.4 Å². The van der Waals surface area contributed by atoms with Crippen LogP contribution in [0.5, 0.6) is 0 Å². The number of carbonyl (C=O) groups is 4. The van der Waals surface area contributed by atoms with Crippen LogP contribution in [0.15, 0.2) is 16.7 Å². The lowest BCUT2D eigenvalue weighted by Crippen LogP contribution is -2.76. The van der Waals surface area contributed by atoms with Crippen molar-refractivity contribution in [3.05, 3.63) is 17.7 Å². The fourth-order valence-electron chi connectivity index (χ4n) is 6.05. The molecule has 6 rings (SSSR count). The Hall–Kier alpha value is -3.78. The number of carbonyl (C=O) groups excluding carboxylic acids is 4. The van der Waals surface area contributed by atoms with Gasteiger partial charge in [-0.25, -0.2) is 14.0 Å². The highest BCUT2D eigenvalue weighted by molar-refractivity contribution is 6.20. The van der Waals surface area contributed by atoms with E-state index in [2.05, 4.69) is 15.8 Å². The molecular formula is C23H24FN5O8. The van der Waals surface area contributed by atoms with Crippen LogP contribution in [-0.2, 0) is 25.5 Å². The third kappa shape index (κ3) is 3.18. The molecule has 5 amide bonds. The number of fused-ring (bicyclic) bond motifs is 5. The van der Waals surface area contributed by atoms with Crippen molar-refractivity contribution in [2.24, 2.45) is 5.41 Å². The quantitative estimate of drug-likeness (QED) is 0.390. The fraction of sp³-hybridized carbons (Fsp3) is 0.522. The van der Waals surface area contributed by atoms with Gasteiger partial charge in [0.15, 0.2) is 23.1 Å². The lowest BCUT2D eigenvalue weighted by Gasteiger charge is -2.56. The van der Waals surface area contributed by atoms with Gasteiger partial charge in [-0.1, -0.05) is 5.16 Å². The number of benzene rings is 1. The molecular weight excluding hydrogens is 493 g/mol. The van der Waals surface area contributed by atoms with Gasteiger partial charge in [-0.05, 0) is 38.3 Å². The van der Waals surface area contributed by atoms with Crippen LogP contribution in [0.25, 0.3) is 11.0 Å². The number of rotatable bonds is 3. The number of hydrogen-bond acceptors (Lipinski definition) is 10. The molecule has 4 aliphatic rings. The van der Waals surface area contributed by atoms with Gasteiger partial charge in [-0.3, -0.25) is 25.1 Å². The number of nitrogens with zero attached hydrogens (tertiary/aromatic N) is 3. The largest absolute Gasteiger partial charge is 0.447 e. The fourth-order valence-corrected chi connectivity index (χ4v) is 6.05. The average Bonchev–Trinajstić information content (AvgIpc) is 3.41. The van der Waals surface area contributed by atoms with Crippen molar-refractivity contribution in [2.45, 2.75) is 57.3 Å². The highest BCUT2D eigenvalue weighted by Crippen LogP contribution is 2.50. The van der Waals surface area contributed by atoms with E-state index in [1.807, 2.05) is 0 Å². The van der Waals surface area contributed by atoms with Crippen LogP contribution in [0, 0.1) is 5.41 Å². The standard InChI is InChI=1S/C23H24FN5O8/c1-9-16-23(19(31)25-21(33)26-20(23)32)7-11-5-13-15(6-14(11)29(16)17(24)10(2)36-9)37-27-18(13)28-12(3-4-30)8-35-22(28)34/h5-6,9-10,12,16-17,30H,3-4,7-8H2,1-2H3,(H2,25,26,31,32,33)/t9?,10?,12-,16?,17?/m0/s1. The Morgan fingerprint density at radius 3 is 2.59 bits per heavy atom.